The van der Waals surface area contributed by atoms with Gasteiger partial charge in [-0.25, -0.2) is 0 Å². The second-order valence-corrected chi connectivity index (χ2v) is 7.47. The number of methoxy groups -OCH3 is 3. The Morgan fingerprint density at radius 3 is 2.26 bits per heavy atom. The molecule has 2 aromatic carbocycles. The first kappa shape index (κ1) is 20.7. The van der Waals surface area contributed by atoms with Crippen LogP contribution in [-0.4, -0.2) is 42.5 Å². The summed E-state index contributed by atoms with van der Waals surface area (Å²) in [5.41, 5.74) is 1.31. The van der Waals surface area contributed by atoms with E-state index < -0.39 is 0 Å². The first-order valence-corrected chi connectivity index (χ1v) is 10.3. The third-order valence-electron chi connectivity index (χ3n) is 4.59. The molecule has 0 N–H and O–H groups in total. The van der Waals surface area contributed by atoms with Gasteiger partial charge in [-0.1, -0.05) is 11.3 Å². The molecule has 0 radical (unpaired) electrons. The molecule has 2 aromatic heterocycles. The molecule has 0 amide bonds. The highest BCUT2D eigenvalue weighted by molar-refractivity contribution is 7.15. The smallest absolute Gasteiger partial charge is 0.291 e. The minimum Gasteiger partial charge on any atom is -0.494 e. The van der Waals surface area contributed by atoms with Gasteiger partial charge >= 0.3 is 0 Å². The molecule has 0 saturated heterocycles. The highest BCUT2D eigenvalue weighted by atomic mass is 32.1. The van der Waals surface area contributed by atoms with Gasteiger partial charge < -0.3 is 18.9 Å². The van der Waals surface area contributed by atoms with Crippen LogP contribution in [0, 0.1) is 0 Å². The lowest BCUT2D eigenvalue weighted by molar-refractivity contribution is 0.324. The lowest BCUT2D eigenvalue weighted by Crippen LogP contribution is -2.23. The van der Waals surface area contributed by atoms with Gasteiger partial charge in [0.15, 0.2) is 17.3 Å². The molecule has 160 valence electrons. The maximum atomic E-state index is 12.9. The molecule has 4 aromatic rings. The van der Waals surface area contributed by atoms with Crippen molar-refractivity contribution in [3.63, 3.8) is 0 Å². The van der Waals surface area contributed by atoms with Crippen LogP contribution in [0.25, 0.3) is 22.4 Å². The van der Waals surface area contributed by atoms with E-state index in [-0.39, 0.29) is 5.56 Å². The Morgan fingerprint density at radius 1 is 1.03 bits per heavy atom. The van der Waals surface area contributed by atoms with Crippen molar-refractivity contribution in [3.8, 4) is 34.4 Å². The molecule has 0 aliphatic carbocycles. The Morgan fingerprint density at radius 2 is 1.71 bits per heavy atom. The Labute approximate surface area is 182 Å². The van der Waals surface area contributed by atoms with E-state index in [2.05, 4.69) is 10.1 Å². The molecule has 0 saturated carbocycles. The Balaban J connectivity index is 1.73. The minimum atomic E-state index is -0.238. The Hall–Kier alpha value is -3.59. The Kier molecular flexibility index (Phi) is 5.77. The maximum Gasteiger partial charge on any atom is 0.291 e. The average Bonchev–Trinajstić information content (AvgIpc) is 3.33. The normalized spacial score (nSPS) is 11.7. The van der Waals surface area contributed by atoms with E-state index in [9.17, 15) is 4.79 Å². The summed E-state index contributed by atoms with van der Waals surface area (Å²) in [5.74, 6) is 2.78. The van der Waals surface area contributed by atoms with Crippen molar-refractivity contribution in [3.05, 3.63) is 56.8 Å². The second kappa shape index (κ2) is 8.65. The number of hydrogen-bond acceptors (Lipinski definition) is 8. The molecule has 0 unspecified atom stereocenters. The van der Waals surface area contributed by atoms with Crippen LogP contribution in [0.1, 0.15) is 12.5 Å². The molecule has 9 heteroatoms. The van der Waals surface area contributed by atoms with Gasteiger partial charge in [0.2, 0.25) is 10.7 Å². The molecule has 0 aliphatic heterocycles. The summed E-state index contributed by atoms with van der Waals surface area (Å²) in [6.45, 7) is 2.53. The van der Waals surface area contributed by atoms with Gasteiger partial charge in [-0.05, 0) is 55.0 Å². The molecule has 0 bridgehead atoms. The molecule has 8 nitrogen and oxygen atoms in total. The molecule has 4 rings (SSSR count). The number of ether oxygens (including phenoxy) is 4. The fourth-order valence-electron chi connectivity index (χ4n) is 3.16. The zero-order valence-corrected chi connectivity index (χ0v) is 18.4. The quantitative estimate of drug-likeness (QED) is 0.438. The van der Waals surface area contributed by atoms with Gasteiger partial charge in [-0.15, -0.1) is 5.10 Å². The van der Waals surface area contributed by atoms with E-state index >= 15 is 0 Å². The first-order chi connectivity index (χ1) is 15.1. The lowest BCUT2D eigenvalue weighted by Gasteiger charge is -2.12. The van der Waals surface area contributed by atoms with E-state index in [0.717, 1.165) is 16.9 Å². The summed E-state index contributed by atoms with van der Waals surface area (Å²) < 4.78 is 23.4. The highest BCUT2D eigenvalue weighted by Crippen LogP contribution is 2.38. The van der Waals surface area contributed by atoms with Crippen LogP contribution in [0.4, 0.5) is 0 Å². The second-order valence-electron chi connectivity index (χ2n) is 6.46. The summed E-state index contributed by atoms with van der Waals surface area (Å²) in [5, 5.41) is 4.39. The Bertz CT molecular complexity index is 1300. The predicted molar refractivity (Wildman–Crippen MR) is 119 cm³/mol. The average molecular weight is 439 g/mol. The van der Waals surface area contributed by atoms with Crippen molar-refractivity contribution in [2.75, 3.05) is 27.9 Å². The van der Waals surface area contributed by atoms with Gasteiger partial charge in [0, 0.05) is 5.56 Å². The summed E-state index contributed by atoms with van der Waals surface area (Å²) >= 11 is 1.27. The molecule has 2 heterocycles. The molecule has 0 aliphatic rings. The standard InChI is InChI=1S/C22H21N3O5S/c1-5-30-15-8-6-14(7-9-15)20-23-22-25(24-20)21(26)18(31-22)12-13-10-16(27-2)19(29-4)17(11-13)28-3/h6-12H,5H2,1-4H3/b18-12+. The van der Waals surface area contributed by atoms with Crippen LogP contribution in [-0.2, 0) is 0 Å². The summed E-state index contributed by atoms with van der Waals surface area (Å²) in [4.78, 5) is 17.9. The van der Waals surface area contributed by atoms with E-state index in [0.29, 0.717) is 39.2 Å². The van der Waals surface area contributed by atoms with Crippen LogP contribution >= 0.6 is 11.3 Å². The summed E-state index contributed by atoms with van der Waals surface area (Å²) in [7, 11) is 4.64. The fourth-order valence-corrected chi connectivity index (χ4v) is 4.07. The molecule has 0 fully saturated rings. The summed E-state index contributed by atoms with van der Waals surface area (Å²) in [6.07, 6.45) is 1.75. The van der Waals surface area contributed by atoms with E-state index in [4.69, 9.17) is 18.9 Å². The van der Waals surface area contributed by atoms with Crippen LogP contribution in [0.3, 0.4) is 0 Å². The molecular formula is C22H21N3O5S. The number of nitrogens with zero attached hydrogens (tertiary/aromatic N) is 3. The number of fused-ring (bicyclic) bond motifs is 1. The number of benzene rings is 2. The van der Waals surface area contributed by atoms with E-state index in [1.807, 2.05) is 31.2 Å². The monoisotopic (exact) mass is 439 g/mol. The topological polar surface area (TPSA) is 84.2 Å². The van der Waals surface area contributed by atoms with Gasteiger partial charge in [-0.2, -0.15) is 9.50 Å². The van der Waals surface area contributed by atoms with Crippen molar-refractivity contribution in [1.29, 1.82) is 0 Å². The van der Waals surface area contributed by atoms with Crippen LogP contribution in [0.5, 0.6) is 23.0 Å². The number of hydrogen-bond donors (Lipinski definition) is 0. The number of thiazole rings is 1. The molecule has 0 atom stereocenters. The largest absolute Gasteiger partial charge is 0.494 e. The summed E-state index contributed by atoms with van der Waals surface area (Å²) in [6, 6.07) is 11.0. The van der Waals surface area contributed by atoms with Crippen LogP contribution < -0.4 is 29.0 Å². The van der Waals surface area contributed by atoms with E-state index in [1.54, 1.807) is 39.5 Å². The third kappa shape index (κ3) is 3.91. The van der Waals surface area contributed by atoms with Crippen molar-refractivity contribution in [1.82, 2.24) is 14.6 Å². The van der Waals surface area contributed by atoms with Crippen LogP contribution in [0.2, 0.25) is 0 Å². The van der Waals surface area contributed by atoms with Crippen molar-refractivity contribution >= 4 is 22.4 Å². The number of rotatable bonds is 7. The van der Waals surface area contributed by atoms with Crippen molar-refractivity contribution in [2.24, 2.45) is 0 Å². The molecule has 31 heavy (non-hydrogen) atoms. The highest BCUT2D eigenvalue weighted by Gasteiger charge is 2.15. The maximum absolute atomic E-state index is 12.9. The fraction of sp³-hybridized carbons (Fsp3) is 0.227. The minimum absolute atomic E-state index is 0.238. The van der Waals surface area contributed by atoms with Crippen LogP contribution in [0.15, 0.2) is 41.2 Å². The van der Waals surface area contributed by atoms with Gasteiger partial charge in [-0.3, -0.25) is 4.79 Å². The van der Waals surface area contributed by atoms with Gasteiger partial charge in [0.1, 0.15) is 5.75 Å². The van der Waals surface area contributed by atoms with Gasteiger partial charge in [0.05, 0.1) is 32.5 Å². The number of aromatic nitrogens is 3. The third-order valence-corrected chi connectivity index (χ3v) is 5.55. The van der Waals surface area contributed by atoms with Gasteiger partial charge in [0.25, 0.3) is 5.56 Å². The molecule has 0 spiro atoms. The van der Waals surface area contributed by atoms with Crippen molar-refractivity contribution < 1.29 is 18.9 Å². The SMILES string of the molecule is CCOc1ccc(-c2nc3s/c(=C/c4cc(OC)c(OC)c(OC)c4)c(=O)n3n2)cc1. The van der Waals surface area contributed by atoms with Crippen molar-refractivity contribution in [2.45, 2.75) is 6.92 Å². The van der Waals surface area contributed by atoms with E-state index in [1.165, 1.54) is 15.9 Å². The predicted octanol–water partition coefficient (Wildman–Crippen LogP) is 2.79. The lowest BCUT2D eigenvalue weighted by atomic mass is 10.1. The molecular weight excluding hydrogens is 418 g/mol. The first-order valence-electron chi connectivity index (χ1n) is 9.52. The zero-order chi connectivity index (χ0) is 22.0. The zero-order valence-electron chi connectivity index (χ0n) is 17.5.